The van der Waals surface area contributed by atoms with E-state index in [-0.39, 0.29) is 46.6 Å². The molecule has 2 aromatic rings. The lowest BCUT2D eigenvalue weighted by Gasteiger charge is -2.58. The molecule has 2 unspecified atom stereocenters. The average molecular weight is 383 g/mol. The standard InChI is InChI=1S/C21H22FN3O3/c22-15-3-1-2-12(6-15)17-7-16(25-28-17)19(26)24-18-13-4-11-5-14(18)10-21(8-11,9-13)20(23)27/h1-3,6-7,11,13-14,18H,4-5,8-10H2,(H2,23,27)(H,24,26). The molecule has 28 heavy (non-hydrogen) atoms. The number of rotatable bonds is 4. The molecule has 2 amide bonds. The maximum atomic E-state index is 13.4. The number of hydrogen-bond donors (Lipinski definition) is 2. The lowest BCUT2D eigenvalue weighted by molar-refractivity contribution is -0.145. The summed E-state index contributed by atoms with van der Waals surface area (Å²) < 4.78 is 18.7. The Morgan fingerprint density at radius 3 is 2.61 bits per heavy atom. The molecular formula is C21H22FN3O3. The van der Waals surface area contributed by atoms with Gasteiger partial charge in [-0.25, -0.2) is 4.39 Å². The highest BCUT2D eigenvalue weighted by Gasteiger charge is 2.58. The van der Waals surface area contributed by atoms with E-state index in [2.05, 4.69) is 10.5 Å². The van der Waals surface area contributed by atoms with Gasteiger partial charge < -0.3 is 15.6 Å². The molecule has 4 bridgehead atoms. The topological polar surface area (TPSA) is 98.2 Å². The Kier molecular flexibility index (Phi) is 3.82. The molecule has 4 aliphatic rings. The van der Waals surface area contributed by atoms with E-state index < -0.39 is 0 Å². The number of carbonyl (C=O) groups excluding carboxylic acids is 2. The van der Waals surface area contributed by atoms with Crippen LogP contribution in [0.15, 0.2) is 34.9 Å². The van der Waals surface area contributed by atoms with Crippen LogP contribution < -0.4 is 11.1 Å². The van der Waals surface area contributed by atoms with Crippen molar-refractivity contribution in [3.05, 3.63) is 41.8 Å². The molecule has 146 valence electrons. The summed E-state index contributed by atoms with van der Waals surface area (Å²) in [6.45, 7) is 0. The first-order valence-corrected chi connectivity index (χ1v) is 9.77. The zero-order valence-electron chi connectivity index (χ0n) is 15.4. The molecule has 1 aromatic carbocycles. The largest absolute Gasteiger partial charge is 0.369 e. The van der Waals surface area contributed by atoms with Gasteiger partial charge in [-0.05, 0) is 62.0 Å². The van der Waals surface area contributed by atoms with E-state index in [9.17, 15) is 14.0 Å². The highest BCUT2D eigenvalue weighted by atomic mass is 19.1. The van der Waals surface area contributed by atoms with Gasteiger partial charge in [-0.3, -0.25) is 9.59 Å². The molecule has 4 saturated carbocycles. The van der Waals surface area contributed by atoms with Crippen molar-refractivity contribution in [3.63, 3.8) is 0 Å². The van der Waals surface area contributed by atoms with E-state index in [0.29, 0.717) is 17.2 Å². The van der Waals surface area contributed by atoms with E-state index >= 15 is 0 Å². The van der Waals surface area contributed by atoms with Crippen molar-refractivity contribution in [1.82, 2.24) is 10.5 Å². The molecule has 7 heteroatoms. The number of carbonyl (C=O) groups is 2. The molecule has 6 rings (SSSR count). The number of nitrogens with two attached hydrogens (primary N) is 1. The van der Waals surface area contributed by atoms with Crippen molar-refractivity contribution in [2.45, 2.75) is 38.1 Å². The van der Waals surface area contributed by atoms with E-state index in [4.69, 9.17) is 10.3 Å². The van der Waals surface area contributed by atoms with Crippen LogP contribution in [0, 0.1) is 29.0 Å². The molecule has 4 aliphatic carbocycles. The van der Waals surface area contributed by atoms with Gasteiger partial charge in [-0.1, -0.05) is 17.3 Å². The van der Waals surface area contributed by atoms with Crippen LogP contribution in [0.5, 0.6) is 0 Å². The molecule has 0 radical (unpaired) electrons. The maximum Gasteiger partial charge on any atom is 0.273 e. The predicted octanol–water partition coefficient (Wildman–Crippen LogP) is 2.89. The quantitative estimate of drug-likeness (QED) is 0.848. The van der Waals surface area contributed by atoms with E-state index in [1.165, 1.54) is 18.2 Å². The summed E-state index contributed by atoms with van der Waals surface area (Å²) >= 11 is 0. The Labute approximate surface area is 161 Å². The summed E-state index contributed by atoms with van der Waals surface area (Å²) in [5.41, 5.74) is 6.05. The summed E-state index contributed by atoms with van der Waals surface area (Å²) in [6.07, 6.45) is 4.48. The van der Waals surface area contributed by atoms with E-state index in [0.717, 1.165) is 32.1 Å². The highest BCUT2D eigenvalue weighted by Crippen LogP contribution is 2.59. The molecule has 1 heterocycles. The van der Waals surface area contributed by atoms with E-state index in [1.807, 2.05) is 0 Å². The van der Waals surface area contributed by atoms with Crippen LogP contribution in [0.25, 0.3) is 11.3 Å². The van der Waals surface area contributed by atoms with Crippen molar-refractivity contribution in [1.29, 1.82) is 0 Å². The van der Waals surface area contributed by atoms with Gasteiger partial charge in [0.15, 0.2) is 11.5 Å². The number of amides is 2. The lowest BCUT2D eigenvalue weighted by Crippen LogP contribution is -2.62. The summed E-state index contributed by atoms with van der Waals surface area (Å²) in [4.78, 5) is 24.8. The first kappa shape index (κ1) is 17.4. The molecule has 4 fully saturated rings. The summed E-state index contributed by atoms with van der Waals surface area (Å²) in [5, 5.41) is 6.99. The van der Waals surface area contributed by atoms with Gasteiger partial charge in [0, 0.05) is 23.1 Å². The normalized spacial score (nSPS) is 33.0. The Hall–Kier alpha value is -2.70. The van der Waals surface area contributed by atoms with Crippen molar-refractivity contribution in [3.8, 4) is 11.3 Å². The Morgan fingerprint density at radius 2 is 1.93 bits per heavy atom. The number of nitrogens with one attached hydrogen (secondary N) is 1. The Balaban J connectivity index is 1.33. The monoisotopic (exact) mass is 383 g/mol. The minimum absolute atomic E-state index is 0.0332. The Bertz CT molecular complexity index is 940. The summed E-state index contributed by atoms with van der Waals surface area (Å²) in [6, 6.07) is 7.53. The van der Waals surface area contributed by atoms with Crippen LogP contribution in [0.4, 0.5) is 4.39 Å². The fraction of sp³-hybridized carbons (Fsp3) is 0.476. The molecule has 1 aromatic heterocycles. The van der Waals surface area contributed by atoms with Gasteiger partial charge >= 0.3 is 0 Å². The maximum absolute atomic E-state index is 13.4. The zero-order chi connectivity index (χ0) is 19.5. The minimum atomic E-state index is -0.379. The average Bonchev–Trinajstić information content (AvgIpc) is 3.14. The van der Waals surface area contributed by atoms with Crippen molar-refractivity contribution >= 4 is 11.8 Å². The third-order valence-electron chi connectivity index (χ3n) is 6.95. The SMILES string of the molecule is NC(=O)C12CC3CC(C1)C(NC(=O)c1cc(-c4cccc(F)c4)on1)C(C3)C2. The van der Waals surface area contributed by atoms with Gasteiger partial charge in [0.1, 0.15) is 5.82 Å². The predicted molar refractivity (Wildman–Crippen MR) is 98.3 cm³/mol. The highest BCUT2D eigenvalue weighted by molar-refractivity contribution is 5.93. The molecule has 3 N–H and O–H groups in total. The number of aromatic nitrogens is 1. The zero-order valence-corrected chi connectivity index (χ0v) is 15.4. The fourth-order valence-corrected chi connectivity index (χ4v) is 5.95. The second kappa shape index (κ2) is 6.15. The smallest absolute Gasteiger partial charge is 0.273 e. The van der Waals surface area contributed by atoms with Crippen LogP contribution in [0.3, 0.4) is 0 Å². The lowest BCUT2D eigenvalue weighted by atomic mass is 9.47. The van der Waals surface area contributed by atoms with Crippen LogP contribution in [-0.2, 0) is 4.79 Å². The molecule has 2 atom stereocenters. The molecule has 0 aliphatic heterocycles. The molecular weight excluding hydrogens is 361 g/mol. The first-order valence-electron chi connectivity index (χ1n) is 9.77. The van der Waals surface area contributed by atoms with Gasteiger partial charge in [-0.15, -0.1) is 0 Å². The van der Waals surface area contributed by atoms with Crippen molar-refractivity contribution in [2.24, 2.45) is 28.9 Å². The minimum Gasteiger partial charge on any atom is -0.369 e. The number of benzene rings is 1. The van der Waals surface area contributed by atoms with Crippen LogP contribution in [-0.4, -0.2) is 23.0 Å². The number of hydrogen-bond acceptors (Lipinski definition) is 4. The molecule has 6 nitrogen and oxygen atoms in total. The molecule has 0 spiro atoms. The van der Waals surface area contributed by atoms with Gasteiger partial charge in [0.05, 0.1) is 0 Å². The number of halogens is 1. The summed E-state index contributed by atoms with van der Waals surface area (Å²) in [5.74, 6) is 0.573. The Morgan fingerprint density at radius 1 is 1.18 bits per heavy atom. The number of primary amides is 1. The number of nitrogens with zero attached hydrogens (tertiary/aromatic N) is 1. The first-order chi connectivity index (χ1) is 13.4. The third-order valence-corrected chi connectivity index (χ3v) is 6.95. The van der Waals surface area contributed by atoms with Crippen molar-refractivity contribution in [2.75, 3.05) is 0 Å². The second-order valence-electron chi connectivity index (χ2n) is 8.70. The van der Waals surface area contributed by atoms with Gasteiger partial charge in [0.2, 0.25) is 5.91 Å². The third kappa shape index (κ3) is 2.72. The second-order valence-corrected chi connectivity index (χ2v) is 8.70. The van der Waals surface area contributed by atoms with Crippen molar-refractivity contribution < 1.29 is 18.5 Å². The van der Waals surface area contributed by atoms with Crippen LogP contribution in [0.1, 0.15) is 42.6 Å². The summed E-state index contributed by atoms with van der Waals surface area (Å²) in [7, 11) is 0. The van der Waals surface area contributed by atoms with E-state index in [1.54, 1.807) is 12.1 Å². The molecule has 0 saturated heterocycles. The fourth-order valence-electron chi connectivity index (χ4n) is 5.95. The van der Waals surface area contributed by atoms with Crippen LogP contribution >= 0.6 is 0 Å². The van der Waals surface area contributed by atoms with Gasteiger partial charge in [0.25, 0.3) is 5.91 Å². The van der Waals surface area contributed by atoms with Gasteiger partial charge in [-0.2, -0.15) is 0 Å². The van der Waals surface area contributed by atoms with Crippen LogP contribution in [0.2, 0.25) is 0 Å².